The summed E-state index contributed by atoms with van der Waals surface area (Å²) in [6.07, 6.45) is 0. The quantitative estimate of drug-likeness (QED) is 0.854. The summed E-state index contributed by atoms with van der Waals surface area (Å²) in [5.74, 6) is 0.631. The third-order valence-corrected chi connectivity index (χ3v) is 3.49. The van der Waals surface area contributed by atoms with Crippen molar-refractivity contribution in [3.8, 4) is 11.5 Å². The van der Waals surface area contributed by atoms with Crippen LogP contribution in [0.4, 0.5) is 4.39 Å². The van der Waals surface area contributed by atoms with Gasteiger partial charge in [0.2, 0.25) is 0 Å². The molecule has 0 fully saturated rings. The summed E-state index contributed by atoms with van der Waals surface area (Å²) < 4.78 is 25.3. The Bertz CT molecular complexity index is 619. The van der Waals surface area contributed by atoms with Crippen LogP contribution in [0, 0.1) is 5.82 Å². The van der Waals surface area contributed by atoms with Crippen LogP contribution >= 0.6 is 15.9 Å². The molecule has 0 aromatic heterocycles. The van der Waals surface area contributed by atoms with E-state index < -0.39 is 0 Å². The van der Waals surface area contributed by atoms with Crippen molar-refractivity contribution in [2.75, 3.05) is 14.2 Å². The molecular weight excluding hydrogens is 337 g/mol. The Kier molecular flexibility index (Phi) is 5.59. The fourth-order valence-electron chi connectivity index (χ4n) is 1.98. The number of hydrogen-bond donors (Lipinski definition) is 1. The van der Waals surface area contributed by atoms with Gasteiger partial charge in [-0.1, -0.05) is 22.0 Å². The Morgan fingerprint density at radius 2 is 1.90 bits per heavy atom. The van der Waals surface area contributed by atoms with E-state index in [0.717, 1.165) is 21.3 Å². The van der Waals surface area contributed by atoms with Crippen molar-refractivity contribution in [2.45, 2.75) is 13.2 Å². The van der Waals surface area contributed by atoms with Crippen LogP contribution in [0.5, 0.6) is 11.5 Å². The largest absolute Gasteiger partial charge is 0.494 e. The molecule has 0 aliphatic rings. The molecule has 0 amide bonds. The molecule has 3 nitrogen and oxygen atoms in total. The average Bonchev–Trinajstić information content (AvgIpc) is 2.47. The Labute approximate surface area is 132 Å². The van der Waals surface area contributed by atoms with Gasteiger partial charge in [0.25, 0.3) is 0 Å². The lowest BCUT2D eigenvalue weighted by Gasteiger charge is -2.12. The Morgan fingerprint density at radius 3 is 2.57 bits per heavy atom. The second kappa shape index (κ2) is 7.43. The molecule has 0 saturated carbocycles. The standard InChI is InChI=1S/C16H17BrFNO2/c1-19-9-12-8-13(17)4-6-15(12)21-10-11-3-5-16(20-2)14(18)7-11/h3-8,19H,9-10H2,1-2H3. The number of rotatable bonds is 6. The molecule has 0 aliphatic heterocycles. The summed E-state index contributed by atoms with van der Waals surface area (Å²) in [5, 5.41) is 3.10. The fourth-order valence-corrected chi connectivity index (χ4v) is 2.39. The highest BCUT2D eigenvalue weighted by atomic mass is 79.9. The molecule has 0 radical (unpaired) electrons. The summed E-state index contributed by atoms with van der Waals surface area (Å²) in [4.78, 5) is 0. The maximum Gasteiger partial charge on any atom is 0.165 e. The number of methoxy groups -OCH3 is 1. The number of halogens is 2. The third-order valence-electron chi connectivity index (χ3n) is 3.00. The first-order valence-corrected chi connectivity index (χ1v) is 7.31. The van der Waals surface area contributed by atoms with E-state index in [1.165, 1.54) is 13.2 Å². The van der Waals surface area contributed by atoms with Gasteiger partial charge in [-0.2, -0.15) is 0 Å². The predicted molar refractivity (Wildman–Crippen MR) is 84.2 cm³/mol. The molecule has 0 aliphatic carbocycles. The molecule has 112 valence electrons. The summed E-state index contributed by atoms with van der Waals surface area (Å²) in [6, 6.07) is 10.6. The van der Waals surface area contributed by atoms with Crippen molar-refractivity contribution in [1.29, 1.82) is 0 Å². The fraction of sp³-hybridized carbons (Fsp3) is 0.250. The van der Waals surface area contributed by atoms with Crippen LogP contribution in [0.2, 0.25) is 0 Å². The van der Waals surface area contributed by atoms with Crippen LogP contribution in [-0.4, -0.2) is 14.2 Å². The number of nitrogens with one attached hydrogen (secondary N) is 1. The van der Waals surface area contributed by atoms with Gasteiger partial charge in [-0.25, -0.2) is 4.39 Å². The SMILES string of the molecule is CNCc1cc(Br)ccc1OCc1ccc(OC)c(F)c1. The van der Waals surface area contributed by atoms with E-state index in [4.69, 9.17) is 9.47 Å². The Morgan fingerprint density at radius 1 is 1.14 bits per heavy atom. The summed E-state index contributed by atoms with van der Waals surface area (Å²) in [5.41, 5.74) is 1.80. The second-order valence-electron chi connectivity index (χ2n) is 4.54. The molecule has 2 aromatic rings. The maximum atomic E-state index is 13.6. The highest BCUT2D eigenvalue weighted by Crippen LogP contribution is 2.25. The smallest absolute Gasteiger partial charge is 0.165 e. The molecular formula is C16H17BrFNO2. The van der Waals surface area contributed by atoms with E-state index in [1.807, 2.05) is 25.2 Å². The zero-order valence-electron chi connectivity index (χ0n) is 12.0. The van der Waals surface area contributed by atoms with Gasteiger partial charge in [0.1, 0.15) is 12.4 Å². The molecule has 5 heteroatoms. The molecule has 2 aromatic carbocycles. The Hall–Kier alpha value is -1.59. The van der Waals surface area contributed by atoms with Gasteiger partial charge in [-0.15, -0.1) is 0 Å². The van der Waals surface area contributed by atoms with Gasteiger partial charge in [-0.05, 0) is 42.9 Å². The predicted octanol–water partition coefficient (Wildman–Crippen LogP) is 3.90. The van der Waals surface area contributed by atoms with Crippen LogP contribution in [0.3, 0.4) is 0 Å². The average molecular weight is 354 g/mol. The lowest BCUT2D eigenvalue weighted by Crippen LogP contribution is -2.07. The van der Waals surface area contributed by atoms with Crippen LogP contribution in [-0.2, 0) is 13.2 Å². The first-order chi connectivity index (χ1) is 10.1. The van der Waals surface area contributed by atoms with E-state index in [0.29, 0.717) is 13.2 Å². The lowest BCUT2D eigenvalue weighted by molar-refractivity contribution is 0.301. The van der Waals surface area contributed by atoms with E-state index in [9.17, 15) is 4.39 Å². The van der Waals surface area contributed by atoms with E-state index in [-0.39, 0.29) is 11.6 Å². The number of benzene rings is 2. The number of ether oxygens (including phenoxy) is 2. The molecule has 1 N–H and O–H groups in total. The van der Waals surface area contributed by atoms with Crippen molar-refractivity contribution in [2.24, 2.45) is 0 Å². The minimum atomic E-state index is -0.384. The molecule has 2 rings (SSSR count). The molecule has 0 spiro atoms. The Balaban J connectivity index is 2.10. The minimum Gasteiger partial charge on any atom is -0.494 e. The van der Waals surface area contributed by atoms with Crippen LogP contribution in [0.15, 0.2) is 40.9 Å². The highest BCUT2D eigenvalue weighted by molar-refractivity contribution is 9.10. The van der Waals surface area contributed by atoms with E-state index >= 15 is 0 Å². The number of hydrogen-bond acceptors (Lipinski definition) is 3. The van der Waals surface area contributed by atoms with Crippen molar-refractivity contribution < 1.29 is 13.9 Å². The summed E-state index contributed by atoms with van der Waals surface area (Å²) in [7, 11) is 3.32. The minimum absolute atomic E-state index is 0.235. The molecule has 0 atom stereocenters. The van der Waals surface area contributed by atoms with Crippen LogP contribution in [0.1, 0.15) is 11.1 Å². The normalized spacial score (nSPS) is 10.5. The van der Waals surface area contributed by atoms with Gasteiger partial charge in [0, 0.05) is 16.6 Å². The highest BCUT2D eigenvalue weighted by Gasteiger charge is 2.07. The first-order valence-electron chi connectivity index (χ1n) is 6.52. The van der Waals surface area contributed by atoms with Crippen molar-refractivity contribution in [1.82, 2.24) is 5.32 Å². The van der Waals surface area contributed by atoms with Gasteiger partial charge in [0.15, 0.2) is 11.6 Å². The molecule has 0 saturated heterocycles. The molecule has 0 heterocycles. The first kappa shape index (κ1) is 15.8. The van der Waals surface area contributed by atoms with E-state index in [1.54, 1.807) is 12.1 Å². The van der Waals surface area contributed by atoms with Crippen LogP contribution in [0.25, 0.3) is 0 Å². The molecule has 0 unspecified atom stereocenters. The second-order valence-corrected chi connectivity index (χ2v) is 5.46. The third kappa shape index (κ3) is 4.19. The monoisotopic (exact) mass is 353 g/mol. The van der Waals surface area contributed by atoms with Crippen LogP contribution < -0.4 is 14.8 Å². The zero-order chi connectivity index (χ0) is 15.2. The molecule has 21 heavy (non-hydrogen) atoms. The van der Waals surface area contributed by atoms with Gasteiger partial charge >= 0.3 is 0 Å². The van der Waals surface area contributed by atoms with Crippen molar-refractivity contribution >= 4 is 15.9 Å². The topological polar surface area (TPSA) is 30.5 Å². The van der Waals surface area contributed by atoms with Gasteiger partial charge in [-0.3, -0.25) is 0 Å². The lowest BCUT2D eigenvalue weighted by atomic mass is 10.2. The summed E-state index contributed by atoms with van der Waals surface area (Å²) >= 11 is 3.44. The maximum absolute atomic E-state index is 13.6. The summed E-state index contributed by atoms with van der Waals surface area (Å²) in [6.45, 7) is 1.00. The van der Waals surface area contributed by atoms with Gasteiger partial charge < -0.3 is 14.8 Å². The zero-order valence-corrected chi connectivity index (χ0v) is 13.5. The van der Waals surface area contributed by atoms with Crippen molar-refractivity contribution in [3.05, 3.63) is 57.8 Å². The molecule has 0 bridgehead atoms. The van der Waals surface area contributed by atoms with Gasteiger partial charge in [0.05, 0.1) is 7.11 Å². The van der Waals surface area contributed by atoms with E-state index in [2.05, 4.69) is 21.2 Å². The van der Waals surface area contributed by atoms with Crippen molar-refractivity contribution in [3.63, 3.8) is 0 Å².